The van der Waals surface area contributed by atoms with E-state index in [0.717, 1.165) is 24.0 Å². The van der Waals surface area contributed by atoms with Crippen LogP contribution in [0.25, 0.3) is 0 Å². The number of allylic oxidation sites excluding steroid dienone is 1. The van der Waals surface area contributed by atoms with Crippen molar-refractivity contribution in [2.75, 3.05) is 0 Å². The summed E-state index contributed by atoms with van der Waals surface area (Å²) in [7, 11) is -4.18. The Labute approximate surface area is 131 Å². The Morgan fingerprint density at radius 2 is 1.86 bits per heavy atom. The van der Waals surface area contributed by atoms with Crippen molar-refractivity contribution in [3.05, 3.63) is 42.0 Å². The highest BCUT2D eigenvalue weighted by Crippen LogP contribution is 2.66. The van der Waals surface area contributed by atoms with Crippen LogP contribution in [0.5, 0.6) is 0 Å². The molecule has 1 aromatic carbocycles. The van der Waals surface area contributed by atoms with Crippen LogP contribution in [0, 0.1) is 16.7 Å². The van der Waals surface area contributed by atoms with Gasteiger partial charge in [0.25, 0.3) is 10.1 Å². The minimum atomic E-state index is -4.18. The van der Waals surface area contributed by atoms with Crippen molar-refractivity contribution >= 4 is 15.9 Å². The maximum atomic E-state index is 12.7. The summed E-state index contributed by atoms with van der Waals surface area (Å²) < 4.78 is 31.2. The smallest absolute Gasteiger partial charge is 0.294 e. The van der Waals surface area contributed by atoms with Crippen molar-refractivity contribution in [1.82, 2.24) is 0 Å². The van der Waals surface area contributed by atoms with E-state index >= 15 is 0 Å². The average molecular weight is 320 g/mol. The average Bonchev–Trinajstić information content (AvgIpc) is 2.74. The second-order valence-electron chi connectivity index (χ2n) is 7.05. The van der Waals surface area contributed by atoms with Gasteiger partial charge >= 0.3 is 0 Å². The number of hydrogen-bond donors (Lipinski definition) is 1. The first kappa shape index (κ1) is 15.4. The second kappa shape index (κ2) is 4.52. The molecule has 2 atom stereocenters. The van der Waals surface area contributed by atoms with Crippen LogP contribution in [0.2, 0.25) is 0 Å². The van der Waals surface area contributed by atoms with E-state index in [-0.39, 0.29) is 22.0 Å². The first-order valence-electron chi connectivity index (χ1n) is 7.40. The van der Waals surface area contributed by atoms with E-state index in [1.165, 1.54) is 12.1 Å². The highest BCUT2D eigenvalue weighted by atomic mass is 32.2. The summed E-state index contributed by atoms with van der Waals surface area (Å²) in [5.41, 5.74) is 1.09. The van der Waals surface area contributed by atoms with Gasteiger partial charge in [0, 0.05) is 5.41 Å². The third-order valence-electron chi connectivity index (χ3n) is 5.84. The van der Waals surface area contributed by atoms with Crippen LogP contribution in [0.3, 0.4) is 0 Å². The van der Waals surface area contributed by atoms with Crippen molar-refractivity contribution < 1.29 is 17.8 Å². The summed E-state index contributed by atoms with van der Waals surface area (Å²) in [6.07, 6.45) is 2.42. The fraction of sp³-hybridized carbons (Fsp3) is 0.471. The van der Waals surface area contributed by atoms with Gasteiger partial charge in [-0.15, -0.1) is 0 Å². The van der Waals surface area contributed by atoms with Crippen LogP contribution >= 0.6 is 0 Å². The first-order chi connectivity index (χ1) is 10.1. The molecule has 2 aliphatic carbocycles. The zero-order valence-corrected chi connectivity index (χ0v) is 13.6. The molecular weight excluding hydrogens is 300 g/mol. The predicted molar refractivity (Wildman–Crippen MR) is 83.0 cm³/mol. The number of hydrogen-bond acceptors (Lipinski definition) is 3. The monoisotopic (exact) mass is 320 g/mol. The third-order valence-corrected chi connectivity index (χ3v) is 6.71. The number of benzene rings is 1. The molecule has 0 heterocycles. The Balaban J connectivity index is 1.96. The summed E-state index contributed by atoms with van der Waals surface area (Å²) >= 11 is 0. The van der Waals surface area contributed by atoms with Gasteiger partial charge in [-0.1, -0.05) is 32.6 Å². The number of carbonyl (C=O) groups excluding carboxylic acids is 1. The van der Waals surface area contributed by atoms with Gasteiger partial charge in [-0.25, -0.2) is 0 Å². The topological polar surface area (TPSA) is 71.4 Å². The fourth-order valence-electron chi connectivity index (χ4n) is 4.41. The Bertz CT molecular complexity index is 758. The highest BCUT2D eigenvalue weighted by Gasteiger charge is 2.65. The number of carbonyl (C=O) groups is 1. The van der Waals surface area contributed by atoms with Crippen LogP contribution in [-0.4, -0.2) is 18.8 Å². The molecule has 2 fully saturated rings. The maximum Gasteiger partial charge on any atom is 0.294 e. The normalized spacial score (nSPS) is 30.0. The largest absolute Gasteiger partial charge is 0.294 e. The standard InChI is InChI=1S/C17H20O4S/c1-11-14-8-9-17(15(11)18,16(14,2)3)10-12-4-6-13(7-5-12)22(19,20)21/h4-7,14H,1,8-10H2,2-3H3,(H,19,20,21). The van der Waals surface area contributed by atoms with Crippen LogP contribution in [-0.2, 0) is 21.3 Å². The molecule has 4 nitrogen and oxygen atoms in total. The molecule has 2 bridgehead atoms. The molecule has 0 saturated heterocycles. The zero-order chi connectivity index (χ0) is 16.3. The number of ketones is 1. The maximum absolute atomic E-state index is 12.7. The van der Waals surface area contributed by atoms with E-state index in [2.05, 4.69) is 20.4 Å². The Kier molecular flexibility index (Phi) is 3.17. The molecule has 2 aliphatic rings. The van der Waals surface area contributed by atoms with Gasteiger partial charge in [-0.05, 0) is 53.9 Å². The van der Waals surface area contributed by atoms with Crippen molar-refractivity contribution in [3.63, 3.8) is 0 Å². The van der Waals surface area contributed by atoms with Crippen LogP contribution in [0.4, 0.5) is 0 Å². The lowest BCUT2D eigenvalue weighted by molar-refractivity contribution is -0.126. The van der Waals surface area contributed by atoms with Crippen molar-refractivity contribution in [3.8, 4) is 0 Å². The molecule has 22 heavy (non-hydrogen) atoms. The Morgan fingerprint density at radius 1 is 1.27 bits per heavy atom. The minimum Gasteiger partial charge on any atom is -0.294 e. The summed E-state index contributed by atoms with van der Waals surface area (Å²) in [6.45, 7) is 8.25. The number of fused-ring (bicyclic) bond motifs is 2. The van der Waals surface area contributed by atoms with E-state index in [0.29, 0.717) is 6.42 Å². The molecule has 2 saturated carbocycles. The van der Waals surface area contributed by atoms with Crippen LogP contribution in [0.15, 0.2) is 41.3 Å². The molecule has 1 aromatic rings. The quantitative estimate of drug-likeness (QED) is 0.686. The lowest BCUT2D eigenvalue weighted by Gasteiger charge is -2.36. The molecule has 0 amide bonds. The van der Waals surface area contributed by atoms with E-state index < -0.39 is 15.5 Å². The molecule has 0 aliphatic heterocycles. The molecular formula is C17H20O4S. The Hall–Kier alpha value is -1.46. The second-order valence-corrected chi connectivity index (χ2v) is 8.47. The van der Waals surface area contributed by atoms with E-state index in [1.807, 2.05) is 0 Å². The van der Waals surface area contributed by atoms with Crippen molar-refractivity contribution in [2.24, 2.45) is 16.7 Å². The SMILES string of the molecule is C=C1C(=O)C2(Cc3ccc(S(=O)(=O)O)cc3)CCC1C2(C)C. The molecule has 0 radical (unpaired) electrons. The molecule has 0 aromatic heterocycles. The van der Waals surface area contributed by atoms with E-state index in [1.54, 1.807) is 12.1 Å². The van der Waals surface area contributed by atoms with Crippen LogP contribution < -0.4 is 0 Å². The molecule has 0 spiro atoms. The summed E-state index contributed by atoms with van der Waals surface area (Å²) in [4.78, 5) is 12.6. The fourth-order valence-corrected chi connectivity index (χ4v) is 4.89. The minimum absolute atomic E-state index is 0.122. The predicted octanol–water partition coefficient (Wildman–Crippen LogP) is 3.04. The molecule has 2 unspecified atom stereocenters. The number of Topliss-reactive ketones (excluding diaryl/α,β-unsaturated/α-hetero) is 1. The van der Waals surface area contributed by atoms with Gasteiger partial charge in [0.05, 0.1) is 4.90 Å². The molecule has 5 heteroatoms. The molecule has 118 valence electrons. The third kappa shape index (κ3) is 1.92. The van der Waals surface area contributed by atoms with E-state index in [9.17, 15) is 13.2 Å². The van der Waals surface area contributed by atoms with Crippen molar-refractivity contribution in [1.29, 1.82) is 0 Å². The van der Waals surface area contributed by atoms with Gasteiger partial charge in [0.15, 0.2) is 5.78 Å². The molecule has 3 rings (SSSR count). The van der Waals surface area contributed by atoms with Gasteiger partial charge in [-0.3, -0.25) is 9.35 Å². The zero-order valence-electron chi connectivity index (χ0n) is 12.8. The summed E-state index contributed by atoms with van der Waals surface area (Å²) in [5, 5.41) is 0. The first-order valence-corrected chi connectivity index (χ1v) is 8.84. The van der Waals surface area contributed by atoms with Crippen molar-refractivity contribution in [2.45, 2.75) is 38.0 Å². The highest BCUT2D eigenvalue weighted by molar-refractivity contribution is 7.85. The summed E-state index contributed by atoms with van der Waals surface area (Å²) in [6, 6.07) is 6.12. The van der Waals surface area contributed by atoms with E-state index in [4.69, 9.17) is 4.55 Å². The van der Waals surface area contributed by atoms with Gasteiger partial charge < -0.3 is 0 Å². The summed E-state index contributed by atoms with van der Waals surface area (Å²) in [5.74, 6) is 0.407. The van der Waals surface area contributed by atoms with Gasteiger partial charge in [0.2, 0.25) is 0 Å². The van der Waals surface area contributed by atoms with Gasteiger partial charge in [0.1, 0.15) is 0 Å². The Morgan fingerprint density at radius 3 is 2.32 bits per heavy atom. The van der Waals surface area contributed by atoms with Crippen LogP contribution in [0.1, 0.15) is 32.3 Å². The number of rotatable bonds is 3. The molecule has 1 N–H and O–H groups in total. The van der Waals surface area contributed by atoms with Gasteiger partial charge in [-0.2, -0.15) is 8.42 Å². The lowest BCUT2D eigenvalue weighted by Crippen LogP contribution is -2.38. The lowest BCUT2D eigenvalue weighted by atomic mass is 9.66.